The van der Waals surface area contributed by atoms with Gasteiger partial charge < -0.3 is 34.3 Å². The lowest BCUT2D eigenvalue weighted by molar-refractivity contribution is -0.148. The van der Waals surface area contributed by atoms with E-state index >= 15 is 0 Å². The first kappa shape index (κ1) is 29.3. The van der Waals surface area contributed by atoms with Gasteiger partial charge in [0.1, 0.15) is 17.0 Å². The van der Waals surface area contributed by atoms with E-state index in [2.05, 4.69) is 5.32 Å². The van der Waals surface area contributed by atoms with Gasteiger partial charge in [0.05, 0.1) is 33.0 Å². The number of amides is 2. The van der Waals surface area contributed by atoms with Crippen LogP contribution >= 0.6 is 0 Å². The molecule has 0 saturated carbocycles. The summed E-state index contributed by atoms with van der Waals surface area (Å²) in [7, 11) is 3.20. The average Bonchev–Trinajstić information content (AvgIpc) is 2.92. The Hall–Kier alpha value is -3.30. The number of carboxylic acid groups (broad SMARTS) is 1. The van der Waals surface area contributed by atoms with Gasteiger partial charge in [-0.3, -0.25) is 0 Å². The van der Waals surface area contributed by atoms with Crippen molar-refractivity contribution in [2.24, 2.45) is 0 Å². The monoisotopic (exact) mass is 528 g/mol. The molecule has 9 heteroatoms. The molecule has 38 heavy (non-hydrogen) atoms. The topological polar surface area (TPSA) is 107 Å². The summed E-state index contributed by atoms with van der Waals surface area (Å²) < 4.78 is 22.7. The van der Waals surface area contributed by atoms with Crippen molar-refractivity contribution in [1.82, 2.24) is 10.2 Å². The minimum absolute atomic E-state index is 0.168. The molecule has 9 nitrogen and oxygen atoms in total. The minimum Gasteiger partial charge on any atom is -0.496 e. The van der Waals surface area contributed by atoms with Crippen molar-refractivity contribution in [3.05, 3.63) is 58.7 Å². The highest BCUT2D eigenvalue weighted by atomic mass is 16.5. The van der Waals surface area contributed by atoms with Crippen LogP contribution in [0.25, 0.3) is 0 Å². The van der Waals surface area contributed by atoms with Crippen LogP contribution in [0.4, 0.5) is 4.79 Å². The molecule has 2 N–H and O–H groups in total. The van der Waals surface area contributed by atoms with Crippen LogP contribution in [0.1, 0.15) is 61.1 Å². The predicted octanol–water partition coefficient (Wildman–Crippen LogP) is 4.80. The number of rotatable bonds is 11. The fourth-order valence-corrected chi connectivity index (χ4v) is 5.01. The van der Waals surface area contributed by atoms with Crippen LogP contribution in [0.2, 0.25) is 0 Å². The molecule has 3 rings (SSSR count). The number of carboxylic acids is 1. The Morgan fingerprint density at radius 2 is 1.74 bits per heavy atom. The Balaban J connectivity index is 1.91. The van der Waals surface area contributed by atoms with Crippen LogP contribution < -0.4 is 14.8 Å². The number of aliphatic carboxylic acids is 1. The van der Waals surface area contributed by atoms with Gasteiger partial charge in [-0.2, -0.15) is 0 Å². The zero-order valence-corrected chi connectivity index (χ0v) is 23.2. The Morgan fingerprint density at radius 1 is 1.08 bits per heavy atom. The van der Waals surface area contributed by atoms with E-state index in [9.17, 15) is 14.7 Å². The summed E-state index contributed by atoms with van der Waals surface area (Å²) >= 11 is 0. The third kappa shape index (κ3) is 6.39. The van der Waals surface area contributed by atoms with Crippen molar-refractivity contribution in [2.45, 2.75) is 58.2 Å². The number of methoxy groups -OCH3 is 2. The van der Waals surface area contributed by atoms with E-state index < -0.39 is 23.6 Å². The summed E-state index contributed by atoms with van der Waals surface area (Å²) in [4.78, 5) is 27.6. The number of carbonyl (C=O) groups excluding carboxylic acids is 1. The summed E-state index contributed by atoms with van der Waals surface area (Å²) in [6.07, 6.45) is 0.227. The Bertz CT molecular complexity index is 1100. The van der Waals surface area contributed by atoms with Crippen molar-refractivity contribution in [2.75, 3.05) is 40.6 Å². The first-order chi connectivity index (χ1) is 18.1. The van der Waals surface area contributed by atoms with Gasteiger partial charge in [0.2, 0.25) is 0 Å². The molecule has 0 bridgehead atoms. The van der Waals surface area contributed by atoms with E-state index in [4.69, 9.17) is 18.9 Å². The number of nitrogens with zero attached hydrogens (tertiary/aromatic N) is 1. The standard InChI is InChI=1S/C29H40N2O7/c1-19-24(18-25(35-5)20(2)26(19)36-6)21(3)31(14-17-38-22(4)23-10-8-7-9-11-23)28(34)30-29(27(32)33)12-15-37-16-13-29/h7-11,18,21-22H,12-17H2,1-6H3,(H,30,34)(H,32,33)/t21?,22-/m0/s1. The second-order valence-electron chi connectivity index (χ2n) is 9.67. The van der Waals surface area contributed by atoms with Crippen LogP contribution in [0.5, 0.6) is 11.5 Å². The molecule has 1 unspecified atom stereocenters. The van der Waals surface area contributed by atoms with Crippen molar-refractivity contribution in [1.29, 1.82) is 0 Å². The molecule has 1 aliphatic rings. The smallest absolute Gasteiger partial charge is 0.329 e. The Morgan fingerprint density at radius 3 is 2.32 bits per heavy atom. The van der Waals surface area contributed by atoms with Crippen LogP contribution in [-0.2, 0) is 14.3 Å². The Kier molecular flexibility index (Phi) is 9.99. The van der Waals surface area contributed by atoms with Gasteiger partial charge >= 0.3 is 12.0 Å². The van der Waals surface area contributed by atoms with Gasteiger partial charge in [-0.1, -0.05) is 30.3 Å². The summed E-state index contributed by atoms with van der Waals surface area (Å²) in [6, 6.07) is 10.9. The lowest BCUT2D eigenvalue weighted by Crippen LogP contribution is -2.60. The zero-order valence-electron chi connectivity index (χ0n) is 23.2. The number of nitrogens with one attached hydrogen (secondary N) is 1. The van der Waals surface area contributed by atoms with Crippen molar-refractivity contribution >= 4 is 12.0 Å². The molecule has 1 aliphatic heterocycles. The maximum Gasteiger partial charge on any atom is 0.329 e. The normalized spacial score (nSPS) is 16.3. The zero-order chi connectivity index (χ0) is 27.9. The van der Waals surface area contributed by atoms with Crippen LogP contribution in [0.15, 0.2) is 36.4 Å². The largest absolute Gasteiger partial charge is 0.496 e. The molecule has 0 aromatic heterocycles. The molecule has 2 atom stereocenters. The summed E-state index contributed by atoms with van der Waals surface area (Å²) in [5, 5.41) is 12.8. The number of hydrogen-bond acceptors (Lipinski definition) is 6. The Labute approximate surface area is 225 Å². The second kappa shape index (κ2) is 13.0. The first-order valence-electron chi connectivity index (χ1n) is 12.9. The highest BCUT2D eigenvalue weighted by molar-refractivity contribution is 5.86. The summed E-state index contributed by atoms with van der Waals surface area (Å²) in [5.41, 5.74) is 2.24. The van der Waals surface area contributed by atoms with Gasteiger partial charge in [-0.25, -0.2) is 9.59 Å². The molecule has 0 aliphatic carbocycles. The van der Waals surface area contributed by atoms with Gasteiger partial charge in [0.15, 0.2) is 0 Å². The van der Waals surface area contributed by atoms with Gasteiger partial charge in [0, 0.05) is 38.2 Å². The van der Waals surface area contributed by atoms with Gasteiger partial charge in [-0.05, 0) is 50.5 Å². The average molecular weight is 529 g/mol. The molecule has 208 valence electrons. The highest BCUT2D eigenvalue weighted by Gasteiger charge is 2.43. The van der Waals surface area contributed by atoms with E-state index in [1.54, 1.807) is 19.1 Å². The molecule has 1 fully saturated rings. The lowest BCUT2D eigenvalue weighted by atomic mass is 9.90. The van der Waals surface area contributed by atoms with Crippen LogP contribution in [0, 0.1) is 13.8 Å². The number of urea groups is 1. The number of hydrogen-bond donors (Lipinski definition) is 2. The number of benzene rings is 2. The van der Waals surface area contributed by atoms with E-state index in [0.29, 0.717) is 11.5 Å². The predicted molar refractivity (Wildman–Crippen MR) is 144 cm³/mol. The summed E-state index contributed by atoms with van der Waals surface area (Å²) in [5.74, 6) is 0.271. The van der Waals surface area contributed by atoms with Crippen LogP contribution in [0.3, 0.4) is 0 Å². The number of ether oxygens (including phenoxy) is 4. The molecule has 2 amide bonds. The van der Waals surface area contributed by atoms with Crippen molar-refractivity contribution in [3.63, 3.8) is 0 Å². The molecular weight excluding hydrogens is 488 g/mol. The number of carbonyl (C=O) groups is 2. The summed E-state index contributed by atoms with van der Waals surface area (Å²) in [6.45, 7) is 8.78. The highest BCUT2D eigenvalue weighted by Crippen LogP contribution is 2.38. The second-order valence-corrected chi connectivity index (χ2v) is 9.67. The van der Waals surface area contributed by atoms with Crippen molar-refractivity contribution < 1.29 is 33.6 Å². The van der Waals surface area contributed by atoms with Crippen molar-refractivity contribution in [3.8, 4) is 11.5 Å². The molecule has 1 saturated heterocycles. The fourth-order valence-electron chi connectivity index (χ4n) is 5.01. The third-order valence-corrected chi connectivity index (χ3v) is 7.44. The van der Waals surface area contributed by atoms with Crippen LogP contribution in [-0.4, -0.2) is 68.1 Å². The van der Waals surface area contributed by atoms with E-state index in [-0.39, 0.29) is 45.3 Å². The molecular formula is C29H40N2O7. The lowest BCUT2D eigenvalue weighted by Gasteiger charge is -2.38. The quantitative estimate of drug-likeness (QED) is 0.431. The third-order valence-electron chi connectivity index (χ3n) is 7.44. The molecule has 0 radical (unpaired) electrons. The molecule has 2 aromatic carbocycles. The molecule has 1 heterocycles. The fraction of sp³-hybridized carbons (Fsp3) is 0.517. The first-order valence-corrected chi connectivity index (χ1v) is 12.9. The maximum absolute atomic E-state index is 13.8. The van der Waals surface area contributed by atoms with E-state index in [1.807, 2.05) is 64.1 Å². The van der Waals surface area contributed by atoms with E-state index in [1.165, 1.54) is 0 Å². The SMILES string of the molecule is COc1cc(C(C)N(CCO[C@@H](C)c2ccccc2)C(=O)NC2(C(=O)O)CCOCC2)c(C)c(OC)c1C. The van der Waals surface area contributed by atoms with E-state index in [0.717, 1.165) is 22.3 Å². The maximum atomic E-state index is 13.8. The molecule has 0 spiro atoms. The van der Waals surface area contributed by atoms with Gasteiger partial charge in [0.25, 0.3) is 0 Å². The van der Waals surface area contributed by atoms with Gasteiger partial charge in [-0.15, -0.1) is 0 Å². The molecule has 2 aromatic rings. The minimum atomic E-state index is -1.39.